The van der Waals surface area contributed by atoms with E-state index in [4.69, 9.17) is 26.4 Å². The molecule has 0 atom stereocenters. The third-order valence-electron chi connectivity index (χ3n) is 4.79. The number of esters is 1. The first-order valence-corrected chi connectivity index (χ1v) is 13.3. The number of rotatable bonds is 10. The molecule has 1 fully saturated rings. The van der Waals surface area contributed by atoms with E-state index in [1.54, 1.807) is 20.1 Å². The number of methoxy groups -OCH3 is 1. The van der Waals surface area contributed by atoms with Gasteiger partial charge in [-0.3, -0.25) is 14.5 Å². The molecule has 0 N–H and O–H groups in total. The Kier molecular flexibility index (Phi) is 9.99. The highest BCUT2D eigenvalue weighted by molar-refractivity contribution is 9.10. The first-order chi connectivity index (χ1) is 16.3. The number of ether oxygens (including phenoxy) is 3. The third-order valence-corrected chi connectivity index (χ3v) is 7.28. The van der Waals surface area contributed by atoms with Crippen molar-refractivity contribution in [1.82, 2.24) is 4.90 Å². The zero-order valence-corrected chi connectivity index (χ0v) is 23.4. The van der Waals surface area contributed by atoms with E-state index in [1.807, 2.05) is 36.4 Å². The maximum absolute atomic E-state index is 12.9. The van der Waals surface area contributed by atoms with Crippen molar-refractivity contribution in [2.24, 2.45) is 0 Å². The molecule has 1 saturated heterocycles. The van der Waals surface area contributed by atoms with Gasteiger partial charge in [-0.15, -0.1) is 0 Å². The Labute approximate surface area is 225 Å². The van der Waals surface area contributed by atoms with Crippen LogP contribution in [0.15, 0.2) is 50.2 Å². The van der Waals surface area contributed by atoms with Crippen LogP contribution >= 0.6 is 55.8 Å². The van der Waals surface area contributed by atoms with E-state index >= 15 is 0 Å². The van der Waals surface area contributed by atoms with Gasteiger partial charge in [0.05, 0.1) is 23.1 Å². The quantitative estimate of drug-likeness (QED) is 0.173. The highest BCUT2D eigenvalue weighted by atomic mass is 79.9. The van der Waals surface area contributed by atoms with Crippen LogP contribution in [-0.2, 0) is 20.9 Å². The molecular formula is C24H23Br2NO5S2. The SMILES string of the molecule is CCOC(=O)CCCN1C(=O)/C(=C\c2cc(Br)c(OCc3ccc(Br)cc3)c(OC)c2)SC1=S. The summed E-state index contributed by atoms with van der Waals surface area (Å²) < 4.78 is 18.7. The Morgan fingerprint density at radius 1 is 1.21 bits per heavy atom. The van der Waals surface area contributed by atoms with Crippen LogP contribution in [0.1, 0.15) is 30.9 Å². The molecule has 0 radical (unpaired) electrons. The van der Waals surface area contributed by atoms with Gasteiger partial charge in [0, 0.05) is 17.4 Å². The van der Waals surface area contributed by atoms with Gasteiger partial charge in [0.25, 0.3) is 5.91 Å². The van der Waals surface area contributed by atoms with Crippen LogP contribution in [0.2, 0.25) is 0 Å². The first kappa shape index (κ1) is 26.7. The van der Waals surface area contributed by atoms with Crippen LogP contribution in [0.25, 0.3) is 6.08 Å². The minimum atomic E-state index is -0.275. The molecule has 180 valence electrons. The molecule has 34 heavy (non-hydrogen) atoms. The average molecular weight is 629 g/mol. The number of nitrogens with zero attached hydrogens (tertiary/aromatic N) is 1. The highest BCUT2D eigenvalue weighted by Gasteiger charge is 2.31. The van der Waals surface area contributed by atoms with Gasteiger partial charge in [-0.2, -0.15) is 0 Å². The highest BCUT2D eigenvalue weighted by Crippen LogP contribution is 2.39. The van der Waals surface area contributed by atoms with E-state index in [9.17, 15) is 9.59 Å². The van der Waals surface area contributed by atoms with E-state index in [-0.39, 0.29) is 18.3 Å². The lowest BCUT2D eigenvalue weighted by molar-refractivity contribution is -0.143. The van der Waals surface area contributed by atoms with Crippen LogP contribution in [0.4, 0.5) is 0 Å². The lowest BCUT2D eigenvalue weighted by Crippen LogP contribution is -2.29. The number of hydrogen-bond donors (Lipinski definition) is 0. The van der Waals surface area contributed by atoms with Crippen LogP contribution in [-0.4, -0.2) is 41.4 Å². The molecule has 1 aliphatic rings. The molecule has 1 aliphatic heterocycles. The van der Waals surface area contributed by atoms with Crippen molar-refractivity contribution in [3.8, 4) is 11.5 Å². The summed E-state index contributed by atoms with van der Waals surface area (Å²) in [5.74, 6) is 0.670. The fraction of sp³-hybridized carbons (Fsp3) is 0.292. The smallest absolute Gasteiger partial charge is 0.305 e. The maximum Gasteiger partial charge on any atom is 0.305 e. The van der Waals surface area contributed by atoms with Gasteiger partial charge in [-0.1, -0.05) is 52.0 Å². The molecule has 1 heterocycles. The fourth-order valence-electron chi connectivity index (χ4n) is 3.16. The summed E-state index contributed by atoms with van der Waals surface area (Å²) >= 11 is 13.6. The summed E-state index contributed by atoms with van der Waals surface area (Å²) in [5.41, 5.74) is 1.79. The minimum Gasteiger partial charge on any atom is -0.493 e. The van der Waals surface area contributed by atoms with Crippen molar-refractivity contribution in [2.75, 3.05) is 20.3 Å². The number of benzene rings is 2. The van der Waals surface area contributed by atoms with Gasteiger partial charge >= 0.3 is 5.97 Å². The summed E-state index contributed by atoms with van der Waals surface area (Å²) in [6.07, 6.45) is 2.51. The zero-order valence-electron chi connectivity index (χ0n) is 18.6. The Morgan fingerprint density at radius 3 is 2.62 bits per heavy atom. The second kappa shape index (κ2) is 12.7. The van der Waals surface area contributed by atoms with E-state index < -0.39 is 0 Å². The molecule has 0 spiro atoms. The minimum absolute atomic E-state index is 0.176. The van der Waals surface area contributed by atoms with E-state index in [0.29, 0.717) is 51.4 Å². The molecule has 2 aromatic rings. The molecule has 0 bridgehead atoms. The van der Waals surface area contributed by atoms with Gasteiger partial charge in [0.1, 0.15) is 10.9 Å². The molecule has 0 aliphatic carbocycles. The second-order valence-corrected chi connectivity index (χ2v) is 10.6. The standard InChI is InChI=1S/C24H23Br2NO5S2/c1-3-31-21(28)5-4-10-27-23(29)20(34-24(27)33)13-16-11-18(26)22(19(12-16)30-2)32-14-15-6-8-17(25)9-7-15/h6-9,11-13H,3-5,10,14H2,1-2H3/b20-13+. The van der Waals surface area contributed by atoms with Crippen LogP contribution in [0.3, 0.4) is 0 Å². The number of carbonyl (C=O) groups excluding carboxylic acids is 2. The van der Waals surface area contributed by atoms with Gasteiger partial charge in [-0.05, 0) is 70.7 Å². The Balaban J connectivity index is 1.70. The van der Waals surface area contributed by atoms with Crippen molar-refractivity contribution >= 4 is 78.1 Å². The van der Waals surface area contributed by atoms with Crippen molar-refractivity contribution in [1.29, 1.82) is 0 Å². The number of carbonyl (C=O) groups is 2. The number of hydrogen-bond acceptors (Lipinski definition) is 7. The van der Waals surface area contributed by atoms with Gasteiger partial charge in [-0.25, -0.2) is 0 Å². The van der Waals surface area contributed by atoms with Gasteiger partial charge in [0.15, 0.2) is 11.5 Å². The second-order valence-electron chi connectivity index (χ2n) is 7.19. The Hall–Kier alpha value is -1.88. The van der Waals surface area contributed by atoms with Crippen LogP contribution in [0.5, 0.6) is 11.5 Å². The molecule has 1 amide bonds. The third kappa shape index (κ3) is 7.07. The van der Waals surface area contributed by atoms with Crippen molar-refractivity contribution in [3.63, 3.8) is 0 Å². The zero-order chi connectivity index (χ0) is 24.7. The van der Waals surface area contributed by atoms with Crippen LogP contribution < -0.4 is 9.47 Å². The van der Waals surface area contributed by atoms with Crippen molar-refractivity contribution < 1.29 is 23.8 Å². The summed E-state index contributed by atoms with van der Waals surface area (Å²) in [7, 11) is 1.57. The molecule has 2 aromatic carbocycles. The maximum atomic E-state index is 12.9. The van der Waals surface area contributed by atoms with E-state index in [0.717, 1.165) is 15.6 Å². The molecule has 10 heteroatoms. The number of halogens is 2. The van der Waals surface area contributed by atoms with Gasteiger partial charge < -0.3 is 14.2 Å². The van der Waals surface area contributed by atoms with Crippen molar-refractivity contribution in [3.05, 3.63) is 61.4 Å². The van der Waals surface area contributed by atoms with Crippen LogP contribution in [0, 0.1) is 0 Å². The lowest BCUT2D eigenvalue weighted by Gasteiger charge is -2.14. The van der Waals surface area contributed by atoms with Crippen molar-refractivity contribution in [2.45, 2.75) is 26.4 Å². The normalized spacial score (nSPS) is 14.6. The number of amides is 1. The lowest BCUT2D eigenvalue weighted by atomic mass is 10.1. The monoisotopic (exact) mass is 627 g/mol. The largest absolute Gasteiger partial charge is 0.493 e. The molecule has 0 unspecified atom stereocenters. The predicted octanol–water partition coefficient (Wildman–Crippen LogP) is 6.34. The summed E-state index contributed by atoms with van der Waals surface area (Å²) in [6.45, 7) is 2.86. The fourth-order valence-corrected chi connectivity index (χ4v) is 5.31. The topological polar surface area (TPSA) is 65.1 Å². The molecule has 3 rings (SSSR count). The Morgan fingerprint density at radius 2 is 1.94 bits per heavy atom. The predicted molar refractivity (Wildman–Crippen MR) is 145 cm³/mol. The van der Waals surface area contributed by atoms with Gasteiger partial charge in [0.2, 0.25) is 0 Å². The van der Waals surface area contributed by atoms with E-state index in [2.05, 4.69) is 31.9 Å². The molecule has 0 saturated carbocycles. The van der Waals surface area contributed by atoms with E-state index in [1.165, 1.54) is 16.7 Å². The molecule has 0 aromatic heterocycles. The summed E-state index contributed by atoms with van der Waals surface area (Å²) in [4.78, 5) is 26.4. The molecule has 6 nitrogen and oxygen atoms in total. The molecular weight excluding hydrogens is 606 g/mol. The number of thioether (sulfide) groups is 1. The first-order valence-electron chi connectivity index (χ1n) is 10.5. The summed E-state index contributed by atoms with van der Waals surface area (Å²) in [5, 5.41) is 0. The Bertz CT molecular complexity index is 1110. The number of thiocarbonyl (C=S) groups is 1. The summed E-state index contributed by atoms with van der Waals surface area (Å²) in [6, 6.07) is 11.6. The average Bonchev–Trinajstić information content (AvgIpc) is 3.06.